The highest BCUT2D eigenvalue weighted by atomic mass is 28.4. The number of hydrogen-bond acceptors (Lipinski definition) is 12. The maximum atomic E-state index is 15.8. The third-order valence-corrected chi connectivity index (χ3v) is 23.0. The van der Waals surface area contributed by atoms with Gasteiger partial charge in [0.05, 0.1) is 24.2 Å². The van der Waals surface area contributed by atoms with Gasteiger partial charge in [0.15, 0.2) is 40.2 Å². The van der Waals surface area contributed by atoms with Crippen LogP contribution in [-0.2, 0) is 42.2 Å². The summed E-state index contributed by atoms with van der Waals surface area (Å²) in [7, 11) is -4.89. The van der Waals surface area contributed by atoms with Crippen molar-refractivity contribution in [3.8, 4) is 0 Å². The summed E-state index contributed by atoms with van der Waals surface area (Å²) in [4.78, 5) is 55.1. The lowest BCUT2D eigenvalue weighted by Crippen LogP contribution is -2.78. The zero-order chi connectivity index (χ0) is 38.5. The zero-order valence-corrected chi connectivity index (χ0v) is 34.8. The highest BCUT2D eigenvalue weighted by Gasteiger charge is 2.78. The molecule has 290 valence electrons. The van der Waals surface area contributed by atoms with Crippen LogP contribution in [0.3, 0.4) is 0 Å². The summed E-state index contributed by atoms with van der Waals surface area (Å²) in [6, 6.07) is 4.65. The molecule has 0 unspecified atom stereocenters. The van der Waals surface area contributed by atoms with Gasteiger partial charge in [0, 0.05) is 38.0 Å². The van der Waals surface area contributed by atoms with E-state index in [0.29, 0.717) is 5.57 Å². The van der Waals surface area contributed by atoms with Crippen LogP contribution in [0.25, 0.3) is 0 Å². The van der Waals surface area contributed by atoms with Crippen LogP contribution in [0.4, 0.5) is 4.79 Å². The Morgan fingerprint density at radius 1 is 0.843 bits per heavy atom. The van der Waals surface area contributed by atoms with Gasteiger partial charge < -0.3 is 38.0 Å². The van der Waals surface area contributed by atoms with Gasteiger partial charge in [-0.05, 0) is 61.3 Å². The lowest BCUT2D eigenvalue weighted by atomic mass is 9.45. The van der Waals surface area contributed by atoms with E-state index in [4.69, 9.17) is 27.8 Å². The highest BCUT2D eigenvalue weighted by Crippen LogP contribution is 2.65. The van der Waals surface area contributed by atoms with E-state index in [1.54, 1.807) is 6.92 Å². The topological polar surface area (TPSA) is 164 Å². The predicted octanol–water partition coefficient (Wildman–Crippen LogP) is 5.98. The number of rotatable bonds is 13. The second-order valence-corrected chi connectivity index (χ2v) is 25.4. The Morgan fingerprint density at radius 3 is 1.82 bits per heavy atom. The number of esters is 2. The van der Waals surface area contributed by atoms with Crippen LogP contribution >= 0.6 is 0 Å². The van der Waals surface area contributed by atoms with Crippen LogP contribution in [0.1, 0.15) is 95.9 Å². The van der Waals surface area contributed by atoms with E-state index in [1.807, 2.05) is 41.5 Å². The van der Waals surface area contributed by atoms with Crippen molar-refractivity contribution in [2.24, 2.45) is 16.7 Å². The summed E-state index contributed by atoms with van der Waals surface area (Å²) in [5.41, 5.74) is -5.66. The number of hydrogen-bond donors (Lipinski definition) is 2. The number of ether oxygens (including phenoxy) is 4. The minimum absolute atomic E-state index is 0.122. The van der Waals surface area contributed by atoms with Gasteiger partial charge >= 0.3 is 18.1 Å². The lowest BCUT2D eigenvalue weighted by molar-refractivity contribution is -0.266. The summed E-state index contributed by atoms with van der Waals surface area (Å²) < 4.78 is 38.7. The molecule has 0 aromatic rings. The van der Waals surface area contributed by atoms with E-state index in [9.17, 15) is 24.6 Å². The SMILES string of the molecule is CC[Si](CC)(CC)O[C@H]1C[C@@]23OC(=O)O[C@H]2[C@@H]2[C@](O)(CO)[C@@H](OC(C)=O)C[C@H](O[Si](CC)(CC)CC)[C@@]2(C)C(=O)[C@H](OC(C)=O)C(=C1C)C3(C)C. The van der Waals surface area contributed by atoms with Crippen molar-refractivity contribution in [1.29, 1.82) is 0 Å². The standard InChI is InChI=1S/C37H62O12Si2/c1-13-50(14-2,15-3)48-25-20-37-32(46-33(42)47-37)30-35(12,31(41)29(45-24(9)40)28(22(25)7)34(37,10)11)26(49-51(16-4,17-5)18-6)19-27(44-23(8)39)36(30,43)21-38/h25-27,29-30,32,38,43H,13-21H2,1-12H3/t25-,26-,27-,29+,30-,32-,35+,36-,37+/m0/s1. The Bertz CT molecular complexity index is 1390. The second-order valence-electron chi connectivity index (χ2n) is 16.0. The molecule has 3 aliphatic carbocycles. The van der Waals surface area contributed by atoms with Crippen LogP contribution in [0.5, 0.6) is 0 Å². The molecule has 4 rings (SSSR count). The monoisotopic (exact) mass is 754 g/mol. The van der Waals surface area contributed by atoms with E-state index in [-0.39, 0.29) is 12.8 Å². The number of aliphatic hydroxyl groups is 2. The molecule has 0 aromatic heterocycles. The predicted molar refractivity (Wildman–Crippen MR) is 194 cm³/mol. The van der Waals surface area contributed by atoms with Gasteiger partial charge in [0.25, 0.3) is 0 Å². The van der Waals surface area contributed by atoms with Crippen molar-refractivity contribution in [2.75, 3.05) is 6.61 Å². The van der Waals surface area contributed by atoms with Gasteiger partial charge in [-0.1, -0.05) is 55.4 Å². The molecule has 1 heterocycles. The Morgan fingerprint density at radius 2 is 1.35 bits per heavy atom. The zero-order valence-electron chi connectivity index (χ0n) is 32.8. The first-order valence-electron chi connectivity index (χ1n) is 18.9. The second kappa shape index (κ2) is 14.6. The maximum absolute atomic E-state index is 15.8. The van der Waals surface area contributed by atoms with Crippen molar-refractivity contribution in [2.45, 2.75) is 174 Å². The van der Waals surface area contributed by atoms with Crippen LogP contribution in [0.2, 0.25) is 36.3 Å². The molecular weight excluding hydrogens is 693 g/mol. The van der Waals surface area contributed by atoms with Crippen LogP contribution in [0.15, 0.2) is 11.1 Å². The molecule has 2 N–H and O–H groups in total. The van der Waals surface area contributed by atoms with Gasteiger partial charge in [-0.15, -0.1) is 0 Å². The average Bonchev–Trinajstić information content (AvgIpc) is 3.41. The summed E-state index contributed by atoms with van der Waals surface area (Å²) in [5.74, 6) is -3.38. The van der Waals surface area contributed by atoms with Crippen molar-refractivity contribution in [1.82, 2.24) is 0 Å². The largest absolute Gasteiger partial charge is 0.509 e. The molecule has 12 nitrogen and oxygen atoms in total. The van der Waals surface area contributed by atoms with Crippen molar-refractivity contribution < 1.29 is 57.2 Å². The fraction of sp³-hybridized carbons (Fsp3) is 0.838. The Labute approximate surface area is 305 Å². The molecule has 9 atom stereocenters. The van der Waals surface area contributed by atoms with Crippen LogP contribution in [0, 0.1) is 16.7 Å². The minimum atomic E-state index is -2.55. The highest BCUT2D eigenvalue weighted by molar-refractivity contribution is 6.74. The van der Waals surface area contributed by atoms with Gasteiger partial charge in [-0.3, -0.25) is 14.4 Å². The number of fused-ring (bicyclic) bond motifs is 3. The smallest absolute Gasteiger partial charge is 0.459 e. The van der Waals surface area contributed by atoms with Crippen LogP contribution in [-0.4, -0.2) is 99.1 Å². The minimum Gasteiger partial charge on any atom is -0.459 e. The first-order valence-corrected chi connectivity index (χ1v) is 24.0. The fourth-order valence-corrected chi connectivity index (χ4v) is 15.9. The van der Waals surface area contributed by atoms with E-state index in [0.717, 1.165) is 41.8 Å². The molecule has 1 spiro atoms. The van der Waals surface area contributed by atoms with E-state index >= 15 is 4.79 Å². The third-order valence-electron chi connectivity index (χ3n) is 13.7. The molecule has 0 aromatic carbocycles. The first kappa shape index (κ1) is 41.6. The Balaban J connectivity index is 2.17. The fourth-order valence-electron chi connectivity index (χ4n) is 10.1. The quantitative estimate of drug-likeness (QED) is 0.0980. The van der Waals surface area contributed by atoms with Crippen LogP contribution < -0.4 is 0 Å². The van der Waals surface area contributed by atoms with E-state index < -0.39 is 106 Å². The molecule has 4 aliphatic rings. The molecule has 2 bridgehead atoms. The molecular formula is C37H62O12Si2. The van der Waals surface area contributed by atoms with Gasteiger partial charge in [-0.25, -0.2) is 4.79 Å². The van der Waals surface area contributed by atoms with Crippen molar-refractivity contribution in [3.63, 3.8) is 0 Å². The number of aliphatic hydroxyl groups excluding tert-OH is 1. The van der Waals surface area contributed by atoms with Gasteiger partial charge in [0.1, 0.15) is 11.7 Å². The van der Waals surface area contributed by atoms with Gasteiger partial charge in [-0.2, -0.15) is 0 Å². The normalized spacial score (nSPS) is 36.3. The molecule has 51 heavy (non-hydrogen) atoms. The molecule has 0 radical (unpaired) electrons. The Hall–Kier alpha value is -2.11. The Kier molecular flexibility index (Phi) is 11.9. The molecule has 2 saturated carbocycles. The molecule has 3 fully saturated rings. The summed E-state index contributed by atoms with van der Waals surface area (Å²) in [6.45, 7) is 21.2. The van der Waals surface area contributed by atoms with E-state index in [1.165, 1.54) is 13.8 Å². The summed E-state index contributed by atoms with van der Waals surface area (Å²) >= 11 is 0. The molecule has 14 heteroatoms. The summed E-state index contributed by atoms with van der Waals surface area (Å²) in [5, 5.41) is 24.0. The molecule has 1 saturated heterocycles. The first-order chi connectivity index (χ1) is 23.7. The van der Waals surface area contributed by atoms with Crippen molar-refractivity contribution >= 4 is 40.5 Å². The number of carbonyl (C=O) groups excluding carboxylic acids is 4. The number of ketones is 1. The summed E-state index contributed by atoms with van der Waals surface area (Å²) in [6.07, 6.45) is -6.79. The average molecular weight is 755 g/mol. The lowest BCUT2D eigenvalue weighted by Gasteiger charge is -2.63. The molecule has 1 aliphatic heterocycles. The molecule has 0 amide bonds. The van der Waals surface area contributed by atoms with Crippen molar-refractivity contribution in [3.05, 3.63) is 11.1 Å². The number of Topliss-reactive ketones (excluding diaryl/α,β-unsaturated/α-hetero) is 1. The van der Waals surface area contributed by atoms with E-state index in [2.05, 4.69) is 20.8 Å². The third kappa shape index (κ3) is 6.36. The maximum Gasteiger partial charge on any atom is 0.509 e. The number of carbonyl (C=O) groups is 4. The van der Waals surface area contributed by atoms with Gasteiger partial charge in [0.2, 0.25) is 0 Å².